The minimum atomic E-state index is -4.02. The molecule has 0 saturated heterocycles. The molecular formula is C23H17Cl3N4O3S2. The molecule has 12 heteroatoms. The van der Waals surface area contributed by atoms with Crippen LogP contribution in [0.5, 0.6) is 0 Å². The number of nitrogens with zero attached hydrogens (tertiary/aromatic N) is 1. The first-order chi connectivity index (χ1) is 16.7. The van der Waals surface area contributed by atoms with E-state index in [1.54, 1.807) is 36.4 Å². The van der Waals surface area contributed by atoms with E-state index in [2.05, 4.69) is 20.2 Å². The monoisotopic (exact) mass is 566 g/mol. The summed E-state index contributed by atoms with van der Waals surface area (Å²) in [6.45, 7) is 0. The first-order valence-electron chi connectivity index (χ1n) is 10.4. The van der Waals surface area contributed by atoms with Gasteiger partial charge in [0, 0.05) is 21.5 Å². The lowest BCUT2D eigenvalue weighted by Gasteiger charge is -2.21. The Labute approximate surface area is 219 Å². The van der Waals surface area contributed by atoms with E-state index in [1.165, 1.54) is 12.1 Å². The fraction of sp³-hybridized carbons (Fsp3) is 0.130. The SMILES string of the molecule is O=c1[nH]c2ccc(S(=O)(=O)NC(C3=NNC(c4ccc(Cl)cc4)C3)c3ccc(Cl)cc3Cl)cc2s1. The minimum Gasteiger partial charge on any atom is -0.312 e. The second-order valence-corrected chi connectivity index (χ2v) is 11.9. The third-order valence-electron chi connectivity index (χ3n) is 5.63. The molecule has 1 aliphatic rings. The zero-order chi connectivity index (χ0) is 24.7. The summed E-state index contributed by atoms with van der Waals surface area (Å²) in [4.78, 5) is 14.1. The summed E-state index contributed by atoms with van der Waals surface area (Å²) in [7, 11) is -4.02. The molecule has 35 heavy (non-hydrogen) atoms. The largest absolute Gasteiger partial charge is 0.312 e. The van der Waals surface area contributed by atoms with Crippen LogP contribution < -0.4 is 15.0 Å². The number of aromatic nitrogens is 1. The maximum absolute atomic E-state index is 13.4. The molecule has 3 aromatic carbocycles. The number of benzene rings is 3. The first kappa shape index (κ1) is 24.3. The summed E-state index contributed by atoms with van der Waals surface area (Å²) in [6, 6.07) is 15.7. The Morgan fingerprint density at radius 2 is 1.74 bits per heavy atom. The van der Waals surface area contributed by atoms with E-state index < -0.39 is 16.1 Å². The number of H-pyrrole nitrogens is 1. The Hall–Kier alpha value is -2.40. The quantitative estimate of drug-likeness (QED) is 0.280. The molecule has 180 valence electrons. The molecule has 0 saturated carbocycles. The van der Waals surface area contributed by atoms with Crippen LogP contribution in [0, 0.1) is 0 Å². The maximum Gasteiger partial charge on any atom is 0.305 e. The van der Waals surface area contributed by atoms with Gasteiger partial charge in [0.1, 0.15) is 0 Å². The second-order valence-electron chi connectivity index (χ2n) is 7.93. The van der Waals surface area contributed by atoms with E-state index in [0.717, 1.165) is 16.9 Å². The van der Waals surface area contributed by atoms with E-state index in [0.29, 0.717) is 43.0 Å². The van der Waals surface area contributed by atoms with Crippen molar-refractivity contribution in [1.29, 1.82) is 0 Å². The smallest absolute Gasteiger partial charge is 0.305 e. The molecular weight excluding hydrogens is 551 g/mol. The molecule has 0 bridgehead atoms. The molecule has 0 fully saturated rings. The number of nitrogens with one attached hydrogen (secondary N) is 3. The number of hydrogen-bond acceptors (Lipinski definition) is 6. The van der Waals surface area contributed by atoms with E-state index in [4.69, 9.17) is 34.8 Å². The summed E-state index contributed by atoms with van der Waals surface area (Å²) >= 11 is 19.5. The summed E-state index contributed by atoms with van der Waals surface area (Å²) in [5, 5.41) is 5.82. The maximum atomic E-state index is 13.4. The van der Waals surface area contributed by atoms with Gasteiger partial charge in [-0.15, -0.1) is 0 Å². The molecule has 2 unspecified atom stereocenters. The zero-order valence-corrected chi connectivity index (χ0v) is 21.7. The molecule has 7 nitrogen and oxygen atoms in total. The second kappa shape index (κ2) is 9.57. The van der Waals surface area contributed by atoms with Gasteiger partial charge in [-0.2, -0.15) is 9.82 Å². The Morgan fingerprint density at radius 3 is 2.49 bits per heavy atom. The molecule has 5 rings (SSSR count). The highest BCUT2D eigenvalue weighted by Gasteiger charge is 2.32. The van der Waals surface area contributed by atoms with Crippen LogP contribution in [0.1, 0.15) is 29.6 Å². The molecule has 0 amide bonds. The highest BCUT2D eigenvalue weighted by molar-refractivity contribution is 7.89. The topological polar surface area (TPSA) is 103 Å². The van der Waals surface area contributed by atoms with Crippen LogP contribution in [-0.2, 0) is 10.0 Å². The van der Waals surface area contributed by atoms with Gasteiger partial charge in [0.2, 0.25) is 10.0 Å². The molecule has 0 aliphatic carbocycles. The third-order valence-corrected chi connectivity index (χ3v) is 8.71. The molecule has 2 heterocycles. The van der Waals surface area contributed by atoms with Crippen molar-refractivity contribution in [2.45, 2.75) is 23.4 Å². The summed E-state index contributed by atoms with van der Waals surface area (Å²) in [5.41, 5.74) is 5.70. The normalized spacial score (nSPS) is 16.8. The predicted octanol–water partition coefficient (Wildman–Crippen LogP) is 5.66. The third kappa shape index (κ3) is 5.11. The number of sulfonamides is 1. The van der Waals surface area contributed by atoms with Crippen molar-refractivity contribution in [2.75, 3.05) is 0 Å². The Balaban J connectivity index is 1.50. The van der Waals surface area contributed by atoms with Gasteiger partial charge in [0.15, 0.2) is 0 Å². The van der Waals surface area contributed by atoms with Crippen LogP contribution in [0.4, 0.5) is 0 Å². The van der Waals surface area contributed by atoms with Gasteiger partial charge in [-0.25, -0.2) is 8.42 Å². The molecule has 1 aromatic heterocycles. The lowest BCUT2D eigenvalue weighted by molar-refractivity contribution is 0.576. The Morgan fingerprint density at radius 1 is 1.00 bits per heavy atom. The van der Waals surface area contributed by atoms with Crippen molar-refractivity contribution in [3.05, 3.63) is 96.5 Å². The Bertz CT molecular complexity index is 1620. The lowest BCUT2D eigenvalue weighted by atomic mass is 9.96. The highest BCUT2D eigenvalue weighted by Crippen LogP contribution is 2.34. The molecule has 4 aromatic rings. The molecule has 3 N–H and O–H groups in total. The van der Waals surface area contributed by atoms with Gasteiger partial charge in [-0.05, 0) is 53.6 Å². The number of fused-ring (bicyclic) bond motifs is 1. The fourth-order valence-electron chi connectivity index (χ4n) is 3.89. The molecule has 0 spiro atoms. The van der Waals surface area contributed by atoms with Gasteiger partial charge in [-0.3, -0.25) is 4.79 Å². The van der Waals surface area contributed by atoms with Crippen molar-refractivity contribution in [3.63, 3.8) is 0 Å². The van der Waals surface area contributed by atoms with Crippen molar-refractivity contribution in [2.24, 2.45) is 5.10 Å². The average molecular weight is 568 g/mol. The predicted molar refractivity (Wildman–Crippen MR) is 141 cm³/mol. The number of hydrogen-bond donors (Lipinski definition) is 3. The number of rotatable bonds is 6. The van der Waals surface area contributed by atoms with E-state index in [1.807, 2.05) is 12.1 Å². The van der Waals surface area contributed by atoms with Crippen LogP contribution in [0.15, 0.2) is 75.5 Å². The average Bonchev–Trinajstić information content (AvgIpc) is 3.44. The van der Waals surface area contributed by atoms with Crippen molar-refractivity contribution in [3.8, 4) is 0 Å². The number of hydrazone groups is 1. The van der Waals surface area contributed by atoms with Gasteiger partial charge >= 0.3 is 4.87 Å². The van der Waals surface area contributed by atoms with Crippen molar-refractivity contribution >= 4 is 72.1 Å². The van der Waals surface area contributed by atoms with Crippen LogP contribution in [0.25, 0.3) is 10.2 Å². The van der Waals surface area contributed by atoms with Crippen LogP contribution in [0.3, 0.4) is 0 Å². The lowest BCUT2D eigenvalue weighted by Crippen LogP contribution is -2.33. The highest BCUT2D eigenvalue weighted by atomic mass is 35.5. The number of halogens is 3. The molecule has 0 radical (unpaired) electrons. The number of aromatic amines is 1. The summed E-state index contributed by atoms with van der Waals surface area (Å²) < 4.78 is 30.2. The minimum absolute atomic E-state index is 0.0242. The van der Waals surface area contributed by atoms with Crippen molar-refractivity contribution < 1.29 is 8.42 Å². The van der Waals surface area contributed by atoms with Crippen LogP contribution >= 0.6 is 46.1 Å². The van der Waals surface area contributed by atoms with Crippen LogP contribution in [0.2, 0.25) is 15.1 Å². The molecule has 2 atom stereocenters. The van der Waals surface area contributed by atoms with E-state index in [-0.39, 0.29) is 15.8 Å². The van der Waals surface area contributed by atoms with Crippen molar-refractivity contribution in [1.82, 2.24) is 15.1 Å². The van der Waals surface area contributed by atoms with Gasteiger partial charge in [0.25, 0.3) is 0 Å². The van der Waals surface area contributed by atoms with Gasteiger partial charge in [-0.1, -0.05) is 64.3 Å². The fourth-order valence-corrected chi connectivity index (χ4v) is 6.62. The summed E-state index contributed by atoms with van der Waals surface area (Å²) in [6.07, 6.45) is 0.437. The van der Waals surface area contributed by atoms with Gasteiger partial charge < -0.3 is 10.4 Å². The van der Waals surface area contributed by atoms with Crippen LogP contribution in [-0.4, -0.2) is 19.1 Å². The number of thiazole rings is 1. The summed E-state index contributed by atoms with van der Waals surface area (Å²) in [5.74, 6) is 0. The first-order valence-corrected chi connectivity index (χ1v) is 13.8. The van der Waals surface area contributed by atoms with E-state index >= 15 is 0 Å². The zero-order valence-electron chi connectivity index (χ0n) is 17.8. The Kier molecular flexibility index (Phi) is 6.65. The standard InChI is InChI=1S/C23H17Cl3N4O3S2/c24-13-3-1-12(2-4-13)19-11-20(29-28-19)22(16-7-5-14(25)9-17(16)26)30-35(32,33)15-6-8-18-21(10-15)34-23(31)27-18/h1-10,19,22,28,30H,11H2,(H,27,31). The van der Waals surface area contributed by atoms with E-state index in [9.17, 15) is 13.2 Å². The molecule has 1 aliphatic heterocycles. The van der Waals surface area contributed by atoms with Gasteiger partial charge in [0.05, 0.1) is 32.9 Å².